The Hall–Kier alpha value is -3.32. The molecule has 2 saturated heterocycles. The Kier molecular flexibility index (Phi) is 6.81. The smallest absolute Gasteiger partial charge is 0.270 e. The highest BCUT2D eigenvalue weighted by Gasteiger charge is 2.24. The number of benzene rings is 2. The van der Waals surface area contributed by atoms with Gasteiger partial charge in [0.25, 0.3) is 5.91 Å². The van der Waals surface area contributed by atoms with Gasteiger partial charge >= 0.3 is 0 Å². The summed E-state index contributed by atoms with van der Waals surface area (Å²) in [6.45, 7) is 5.17. The Morgan fingerprint density at radius 3 is 2.24 bits per heavy atom. The summed E-state index contributed by atoms with van der Waals surface area (Å²) >= 11 is 0. The van der Waals surface area contributed by atoms with Crippen molar-refractivity contribution in [3.63, 3.8) is 0 Å². The van der Waals surface area contributed by atoms with E-state index in [0.29, 0.717) is 38.4 Å². The molecule has 0 atom stereocenters. The van der Waals surface area contributed by atoms with Crippen LogP contribution in [-0.2, 0) is 4.79 Å². The third kappa shape index (κ3) is 5.25. The van der Waals surface area contributed by atoms with E-state index >= 15 is 0 Å². The van der Waals surface area contributed by atoms with Crippen molar-refractivity contribution in [2.75, 3.05) is 56.0 Å². The van der Waals surface area contributed by atoms with Gasteiger partial charge in [0.15, 0.2) is 0 Å². The largest absolute Gasteiger partial charge is 0.372 e. The van der Waals surface area contributed by atoms with E-state index in [2.05, 4.69) is 32.2 Å². The topological polar surface area (TPSA) is 71.7 Å². The summed E-state index contributed by atoms with van der Waals surface area (Å²) in [4.78, 5) is 35.1. The van der Waals surface area contributed by atoms with Crippen molar-refractivity contribution in [1.29, 1.82) is 0 Å². The Labute approximate surface area is 200 Å². The molecular weight excluding hydrogens is 426 g/mol. The Bertz CT molecular complexity index is 1090. The van der Waals surface area contributed by atoms with Crippen LogP contribution in [0.15, 0.2) is 54.6 Å². The highest BCUT2D eigenvalue weighted by Crippen LogP contribution is 2.22. The van der Waals surface area contributed by atoms with Gasteiger partial charge in [-0.3, -0.25) is 14.5 Å². The molecule has 0 spiro atoms. The highest BCUT2D eigenvalue weighted by atomic mass is 16.2. The first-order valence-corrected chi connectivity index (χ1v) is 12.4. The number of anilines is 2. The van der Waals surface area contributed by atoms with Crippen molar-refractivity contribution in [2.24, 2.45) is 0 Å². The predicted octanol–water partition coefficient (Wildman–Crippen LogP) is 3.94. The molecule has 0 saturated carbocycles. The molecular formula is C27H33N5O2. The molecule has 5 rings (SSSR count). The van der Waals surface area contributed by atoms with Gasteiger partial charge in [0, 0.05) is 61.5 Å². The van der Waals surface area contributed by atoms with Crippen LogP contribution in [-0.4, -0.2) is 72.4 Å². The molecule has 2 N–H and O–H groups in total. The zero-order valence-corrected chi connectivity index (χ0v) is 19.6. The van der Waals surface area contributed by atoms with Crippen LogP contribution in [0.5, 0.6) is 0 Å². The Balaban J connectivity index is 1.09. The number of nitrogens with zero attached hydrogens (tertiary/aromatic N) is 3. The second kappa shape index (κ2) is 10.3. The molecule has 2 amide bonds. The number of hydrogen-bond acceptors (Lipinski definition) is 4. The van der Waals surface area contributed by atoms with Crippen molar-refractivity contribution in [2.45, 2.75) is 25.7 Å². The summed E-state index contributed by atoms with van der Waals surface area (Å²) in [5, 5.41) is 4.06. The quantitative estimate of drug-likeness (QED) is 0.606. The zero-order chi connectivity index (χ0) is 23.3. The van der Waals surface area contributed by atoms with E-state index in [-0.39, 0.29) is 11.8 Å². The number of amides is 2. The lowest BCUT2D eigenvalue weighted by Gasteiger charge is -2.34. The Morgan fingerprint density at radius 2 is 1.53 bits per heavy atom. The monoisotopic (exact) mass is 459 g/mol. The summed E-state index contributed by atoms with van der Waals surface area (Å²) in [5.74, 6) is 0.00252. The summed E-state index contributed by atoms with van der Waals surface area (Å²) in [6.07, 6.45) is 5.13. The number of fused-ring (bicyclic) bond motifs is 1. The molecule has 2 aliphatic rings. The number of hydrogen-bond donors (Lipinski definition) is 2. The number of H-pyrrole nitrogens is 1. The molecule has 0 radical (unpaired) electrons. The van der Waals surface area contributed by atoms with Gasteiger partial charge in [-0.15, -0.1) is 0 Å². The fourth-order valence-corrected chi connectivity index (χ4v) is 4.96. The fraction of sp³-hybridized carbons (Fsp3) is 0.407. The minimum absolute atomic E-state index is 0.0158. The maximum Gasteiger partial charge on any atom is 0.270 e. The van der Waals surface area contributed by atoms with Gasteiger partial charge in [-0.25, -0.2) is 0 Å². The van der Waals surface area contributed by atoms with Crippen LogP contribution >= 0.6 is 0 Å². The molecule has 1 aromatic heterocycles. The van der Waals surface area contributed by atoms with Crippen LogP contribution in [0.4, 0.5) is 11.4 Å². The minimum Gasteiger partial charge on any atom is -0.372 e. The van der Waals surface area contributed by atoms with Crippen molar-refractivity contribution in [3.8, 4) is 0 Å². The van der Waals surface area contributed by atoms with Crippen LogP contribution in [0.1, 0.15) is 36.2 Å². The number of nitrogens with one attached hydrogen (secondary N) is 2. The maximum atomic E-state index is 12.9. The highest BCUT2D eigenvalue weighted by molar-refractivity contribution is 5.98. The minimum atomic E-state index is -0.0158. The van der Waals surface area contributed by atoms with E-state index in [9.17, 15) is 9.59 Å². The number of para-hydroxylation sites is 1. The second-order valence-corrected chi connectivity index (χ2v) is 9.33. The number of carbonyl (C=O) groups excluding carboxylic acids is 2. The average Bonchev–Trinajstić information content (AvgIpc) is 3.11. The van der Waals surface area contributed by atoms with Gasteiger partial charge in [0.2, 0.25) is 5.91 Å². The molecule has 178 valence electrons. The summed E-state index contributed by atoms with van der Waals surface area (Å²) in [6, 6.07) is 18.0. The number of piperazine rings is 1. The van der Waals surface area contributed by atoms with E-state index in [4.69, 9.17) is 0 Å². The number of rotatable bonds is 5. The van der Waals surface area contributed by atoms with E-state index < -0.39 is 0 Å². The molecule has 7 heteroatoms. The SMILES string of the molecule is O=C(CN1CCN(C(=O)c2cc3ccccc3[nH]2)CC1)Nc1ccc(N2CCCCCC2)cc1. The standard InChI is InChI=1S/C27H33N5O2/c33-26(28-22-9-11-23(12-10-22)31-13-5-1-2-6-14-31)20-30-15-17-32(18-16-30)27(34)25-19-21-7-3-4-8-24(21)29-25/h3-4,7-12,19,29H,1-2,5-6,13-18,20H2,(H,28,33). The van der Waals surface area contributed by atoms with Gasteiger partial charge in [-0.1, -0.05) is 31.0 Å². The third-order valence-corrected chi connectivity index (χ3v) is 6.91. The summed E-state index contributed by atoms with van der Waals surface area (Å²) < 4.78 is 0. The molecule has 2 fully saturated rings. The third-order valence-electron chi connectivity index (χ3n) is 6.91. The van der Waals surface area contributed by atoms with Gasteiger partial charge < -0.3 is 20.1 Å². The molecule has 7 nitrogen and oxygen atoms in total. The lowest BCUT2D eigenvalue weighted by molar-refractivity contribution is -0.117. The number of carbonyl (C=O) groups is 2. The molecule has 0 bridgehead atoms. The lowest BCUT2D eigenvalue weighted by atomic mass is 10.2. The van der Waals surface area contributed by atoms with Crippen molar-refractivity contribution in [1.82, 2.24) is 14.8 Å². The fourth-order valence-electron chi connectivity index (χ4n) is 4.96. The second-order valence-electron chi connectivity index (χ2n) is 9.33. The first-order valence-electron chi connectivity index (χ1n) is 12.4. The van der Waals surface area contributed by atoms with Crippen LogP contribution < -0.4 is 10.2 Å². The van der Waals surface area contributed by atoms with Crippen molar-refractivity contribution < 1.29 is 9.59 Å². The number of aromatic nitrogens is 1. The maximum absolute atomic E-state index is 12.9. The van der Waals surface area contributed by atoms with E-state index in [1.165, 1.54) is 31.4 Å². The molecule has 0 unspecified atom stereocenters. The molecule has 0 aliphatic carbocycles. The van der Waals surface area contributed by atoms with Crippen LogP contribution in [0.3, 0.4) is 0 Å². The predicted molar refractivity (Wildman–Crippen MR) is 136 cm³/mol. The lowest BCUT2D eigenvalue weighted by Crippen LogP contribution is -2.50. The van der Waals surface area contributed by atoms with Crippen LogP contribution in [0.25, 0.3) is 10.9 Å². The van der Waals surface area contributed by atoms with Crippen LogP contribution in [0, 0.1) is 0 Å². The molecule has 3 heterocycles. The molecule has 2 aromatic carbocycles. The normalized spacial score (nSPS) is 17.5. The first kappa shape index (κ1) is 22.5. The molecule has 34 heavy (non-hydrogen) atoms. The number of aromatic amines is 1. The van der Waals surface area contributed by atoms with Crippen molar-refractivity contribution >= 4 is 34.1 Å². The summed E-state index contributed by atoms with van der Waals surface area (Å²) in [5.41, 5.74) is 3.66. The molecule has 2 aliphatic heterocycles. The van der Waals surface area contributed by atoms with E-state index in [1.807, 2.05) is 47.4 Å². The van der Waals surface area contributed by atoms with E-state index in [1.54, 1.807) is 0 Å². The average molecular weight is 460 g/mol. The van der Waals surface area contributed by atoms with Crippen molar-refractivity contribution in [3.05, 3.63) is 60.3 Å². The van der Waals surface area contributed by atoms with E-state index in [0.717, 1.165) is 29.7 Å². The zero-order valence-electron chi connectivity index (χ0n) is 19.6. The van der Waals surface area contributed by atoms with Gasteiger partial charge in [-0.2, -0.15) is 0 Å². The first-order chi connectivity index (χ1) is 16.7. The molecule has 3 aromatic rings. The summed E-state index contributed by atoms with van der Waals surface area (Å²) in [7, 11) is 0. The Morgan fingerprint density at radius 1 is 0.824 bits per heavy atom. The van der Waals surface area contributed by atoms with Crippen LogP contribution in [0.2, 0.25) is 0 Å². The van der Waals surface area contributed by atoms with Gasteiger partial charge in [0.1, 0.15) is 5.69 Å². The van der Waals surface area contributed by atoms with Gasteiger partial charge in [0.05, 0.1) is 6.54 Å². The van der Waals surface area contributed by atoms with Gasteiger partial charge in [-0.05, 0) is 49.2 Å².